The third kappa shape index (κ3) is 3.90. The fourth-order valence-corrected chi connectivity index (χ4v) is 4.20. The quantitative estimate of drug-likeness (QED) is 0.799. The first-order valence-electron chi connectivity index (χ1n) is 9.23. The van der Waals surface area contributed by atoms with E-state index in [1.807, 2.05) is 20.8 Å². The predicted octanol–water partition coefficient (Wildman–Crippen LogP) is 1.40. The SMILES string of the molecule is CC(C)(C)[C@H](NC(=O)OC1CC2CC2C1)C(=O)N1CCCC1C(N)=O. The molecule has 0 aromatic heterocycles. The number of carbonyl (C=O) groups excluding carboxylic acids is 3. The van der Waals surface area contributed by atoms with Gasteiger partial charge in [-0.3, -0.25) is 9.59 Å². The van der Waals surface area contributed by atoms with E-state index in [1.54, 1.807) is 0 Å². The molecule has 7 nitrogen and oxygen atoms in total. The Hall–Kier alpha value is -1.79. The molecule has 0 bridgehead atoms. The van der Waals surface area contributed by atoms with E-state index < -0.39 is 29.5 Å². The van der Waals surface area contributed by atoms with Gasteiger partial charge in [0.15, 0.2) is 0 Å². The maximum Gasteiger partial charge on any atom is 0.408 e. The van der Waals surface area contributed by atoms with Gasteiger partial charge in [0.05, 0.1) is 0 Å². The van der Waals surface area contributed by atoms with Crippen molar-refractivity contribution >= 4 is 17.9 Å². The summed E-state index contributed by atoms with van der Waals surface area (Å²) in [7, 11) is 0. The summed E-state index contributed by atoms with van der Waals surface area (Å²) in [5.41, 5.74) is 4.92. The molecule has 4 atom stereocenters. The van der Waals surface area contributed by atoms with E-state index in [-0.39, 0.29) is 12.0 Å². The summed E-state index contributed by atoms with van der Waals surface area (Å²) >= 11 is 0. The Bertz CT molecular complexity index is 561. The van der Waals surface area contributed by atoms with E-state index in [1.165, 1.54) is 11.3 Å². The largest absolute Gasteiger partial charge is 0.446 e. The molecular formula is C18H29N3O4. The summed E-state index contributed by atoms with van der Waals surface area (Å²) in [5, 5.41) is 2.75. The van der Waals surface area contributed by atoms with E-state index in [0.717, 1.165) is 31.1 Å². The van der Waals surface area contributed by atoms with Crippen molar-refractivity contribution in [2.75, 3.05) is 6.54 Å². The number of nitrogens with two attached hydrogens (primary N) is 1. The number of nitrogens with one attached hydrogen (secondary N) is 1. The van der Waals surface area contributed by atoms with Gasteiger partial charge in [-0.1, -0.05) is 20.8 Å². The Morgan fingerprint density at radius 1 is 1.16 bits per heavy atom. The molecule has 3 fully saturated rings. The van der Waals surface area contributed by atoms with E-state index in [0.29, 0.717) is 13.0 Å². The molecule has 1 saturated heterocycles. The smallest absolute Gasteiger partial charge is 0.408 e. The minimum atomic E-state index is -0.754. The number of ether oxygens (including phenoxy) is 1. The Morgan fingerprint density at radius 3 is 2.36 bits per heavy atom. The summed E-state index contributed by atoms with van der Waals surface area (Å²) in [6.45, 7) is 6.14. The fourth-order valence-electron chi connectivity index (χ4n) is 4.20. The van der Waals surface area contributed by atoms with Gasteiger partial charge in [0.25, 0.3) is 0 Å². The molecule has 2 saturated carbocycles. The van der Waals surface area contributed by atoms with Gasteiger partial charge in [-0.05, 0) is 49.4 Å². The van der Waals surface area contributed by atoms with Gasteiger partial charge in [-0.15, -0.1) is 0 Å². The van der Waals surface area contributed by atoms with Crippen molar-refractivity contribution in [2.45, 2.75) is 71.1 Å². The van der Waals surface area contributed by atoms with Crippen molar-refractivity contribution in [3.63, 3.8) is 0 Å². The highest BCUT2D eigenvalue weighted by Gasteiger charge is 2.48. The summed E-state index contributed by atoms with van der Waals surface area (Å²) in [4.78, 5) is 38.4. The first-order chi connectivity index (χ1) is 11.7. The minimum absolute atomic E-state index is 0.0374. The van der Waals surface area contributed by atoms with Crippen LogP contribution in [0.15, 0.2) is 0 Å². The molecular weight excluding hydrogens is 322 g/mol. The van der Waals surface area contributed by atoms with Gasteiger partial charge < -0.3 is 20.7 Å². The fraction of sp³-hybridized carbons (Fsp3) is 0.833. The van der Waals surface area contributed by atoms with Gasteiger partial charge >= 0.3 is 6.09 Å². The average Bonchev–Trinajstić information content (AvgIpc) is 2.94. The highest BCUT2D eigenvalue weighted by atomic mass is 16.6. The molecule has 140 valence electrons. The lowest BCUT2D eigenvalue weighted by Gasteiger charge is -2.35. The van der Waals surface area contributed by atoms with Crippen LogP contribution in [0.5, 0.6) is 0 Å². The number of carbonyl (C=O) groups is 3. The Balaban J connectivity index is 1.63. The number of nitrogens with zero attached hydrogens (tertiary/aromatic N) is 1. The molecule has 7 heteroatoms. The first kappa shape index (κ1) is 18.0. The average molecular weight is 351 g/mol. The number of hydrogen-bond acceptors (Lipinski definition) is 4. The van der Waals surface area contributed by atoms with Gasteiger partial charge in [0.2, 0.25) is 11.8 Å². The van der Waals surface area contributed by atoms with Crippen LogP contribution in [0.4, 0.5) is 4.79 Å². The molecule has 3 aliphatic rings. The molecule has 0 aromatic carbocycles. The van der Waals surface area contributed by atoms with E-state index in [4.69, 9.17) is 10.5 Å². The Kier molecular flexibility index (Phi) is 4.68. The summed E-state index contributed by atoms with van der Waals surface area (Å²) in [6, 6.07) is -1.34. The second-order valence-electron chi connectivity index (χ2n) is 8.79. The summed E-state index contributed by atoms with van der Waals surface area (Å²) in [6.07, 6.45) is 3.86. The molecule has 3 N–H and O–H groups in total. The molecule has 1 heterocycles. The van der Waals surface area contributed by atoms with Crippen LogP contribution in [-0.4, -0.2) is 47.5 Å². The van der Waals surface area contributed by atoms with Crippen LogP contribution in [0.1, 0.15) is 52.9 Å². The second kappa shape index (κ2) is 6.50. The molecule has 0 aromatic rings. The molecule has 0 spiro atoms. The lowest BCUT2D eigenvalue weighted by atomic mass is 9.85. The second-order valence-corrected chi connectivity index (χ2v) is 8.79. The highest BCUT2D eigenvalue weighted by Crippen LogP contribution is 2.52. The molecule has 2 aliphatic carbocycles. The lowest BCUT2D eigenvalue weighted by Crippen LogP contribution is -2.57. The number of fused-ring (bicyclic) bond motifs is 1. The number of likely N-dealkylation sites (tertiary alicyclic amines) is 1. The molecule has 3 amide bonds. The van der Waals surface area contributed by atoms with E-state index in [9.17, 15) is 14.4 Å². The van der Waals surface area contributed by atoms with Crippen LogP contribution in [0.3, 0.4) is 0 Å². The molecule has 25 heavy (non-hydrogen) atoms. The third-order valence-corrected chi connectivity index (χ3v) is 5.71. The zero-order valence-electron chi connectivity index (χ0n) is 15.3. The van der Waals surface area contributed by atoms with Crippen molar-refractivity contribution in [1.29, 1.82) is 0 Å². The Labute approximate surface area is 148 Å². The lowest BCUT2D eigenvalue weighted by molar-refractivity contribution is -0.141. The maximum absolute atomic E-state index is 13.0. The van der Waals surface area contributed by atoms with Crippen molar-refractivity contribution < 1.29 is 19.1 Å². The molecule has 1 aliphatic heterocycles. The normalized spacial score (nSPS) is 32.0. The topological polar surface area (TPSA) is 102 Å². The number of primary amides is 1. The van der Waals surface area contributed by atoms with E-state index in [2.05, 4.69) is 5.32 Å². The van der Waals surface area contributed by atoms with Crippen LogP contribution in [0.25, 0.3) is 0 Å². The van der Waals surface area contributed by atoms with Crippen molar-refractivity contribution in [1.82, 2.24) is 10.2 Å². The maximum atomic E-state index is 13.0. The van der Waals surface area contributed by atoms with Gasteiger partial charge in [-0.25, -0.2) is 4.79 Å². The van der Waals surface area contributed by atoms with Crippen molar-refractivity contribution in [3.8, 4) is 0 Å². The van der Waals surface area contributed by atoms with Gasteiger partial charge in [-0.2, -0.15) is 0 Å². The van der Waals surface area contributed by atoms with Crippen molar-refractivity contribution in [3.05, 3.63) is 0 Å². The van der Waals surface area contributed by atoms with Crippen molar-refractivity contribution in [2.24, 2.45) is 23.0 Å². The first-order valence-corrected chi connectivity index (χ1v) is 9.23. The molecule has 0 radical (unpaired) electrons. The number of alkyl carbamates (subject to hydrolysis) is 1. The third-order valence-electron chi connectivity index (χ3n) is 5.71. The summed E-state index contributed by atoms with van der Waals surface area (Å²) in [5.74, 6) is 0.684. The highest BCUT2D eigenvalue weighted by molar-refractivity contribution is 5.91. The number of rotatable bonds is 4. The monoisotopic (exact) mass is 351 g/mol. The van der Waals surface area contributed by atoms with Crippen LogP contribution in [0, 0.1) is 17.3 Å². The van der Waals surface area contributed by atoms with Crippen LogP contribution in [0.2, 0.25) is 0 Å². The number of hydrogen-bond donors (Lipinski definition) is 2. The predicted molar refractivity (Wildman–Crippen MR) is 91.4 cm³/mol. The zero-order chi connectivity index (χ0) is 18.4. The molecule has 3 rings (SSSR count). The summed E-state index contributed by atoms with van der Waals surface area (Å²) < 4.78 is 5.51. The zero-order valence-corrected chi connectivity index (χ0v) is 15.3. The van der Waals surface area contributed by atoms with Crippen LogP contribution < -0.4 is 11.1 Å². The van der Waals surface area contributed by atoms with Crippen LogP contribution in [-0.2, 0) is 14.3 Å². The van der Waals surface area contributed by atoms with Crippen LogP contribution >= 0.6 is 0 Å². The van der Waals surface area contributed by atoms with Gasteiger partial charge in [0, 0.05) is 6.54 Å². The van der Waals surface area contributed by atoms with Gasteiger partial charge in [0.1, 0.15) is 18.2 Å². The van der Waals surface area contributed by atoms with E-state index >= 15 is 0 Å². The minimum Gasteiger partial charge on any atom is -0.446 e. The molecule has 3 unspecified atom stereocenters. The number of amides is 3. The Morgan fingerprint density at radius 2 is 1.80 bits per heavy atom. The standard InChI is InChI=1S/C18H29N3O4/c1-18(2,3)14(16(23)21-6-4-5-13(21)15(19)22)20-17(24)25-12-8-10-7-11(10)9-12/h10-14H,4-9H2,1-3H3,(H2,19,22)(H,20,24)/t10?,11?,12?,13?,14-/m1/s1.